The summed E-state index contributed by atoms with van der Waals surface area (Å²) in [5, 5.41) is 10.4. The number of aliphatic carboxylic acids is 1. The van der Waals surface area contributed by atoms with E-state index in [1.54, 1.807) is 0 Å². The van der Waals surface area contributed by atoms with Gasteiger partial charge >= 0.3 is 0 Å². The highest BCUT2D eigenvalue weighted by atomic mass is 16.4. The van der Waals surface area contributed by atoms with Gasteiger partial charge < -0.3 is 9.90 Å². The van der Waals surface area contributed by atoms with Gasteiger partial charge in [-0.2, -0.15) is 0 Å². The van der Waals surface area contributed by atoms with Gasteiger partial charge in [-0.25, -0.2) is 0 Å². The summed E-state index contributed by atoms with van der Waals surface area (Å²) in [6.07, 6.45) is 6.73. The fourth-order valence-electron chi connectivity index (χ4n) is 1.82. The number of carbonyl (C=O) groups excluding carboxylic acids is 1. The second kappa shape index (κ2) is 4.29. The molecule has 0 aliphatic heterocycles. The van der Waals surface area contributed by atoms with Gasteiger partial charge in [-0.1, -0.05) is 38.7 Å². The van der Waals surface area contributed by atoms with Crippen LogP contribution in [0, 0.1) is 5.92 Å². The lowest BCUT2D eigenvalue weighted by Gasteiger charge is -2.22. The molecule has 0 bridgehead atoms. The van der Waals surface area contributed by atoms with Crippen LogP contribution in [0.15, 0.2) is 12.2 Å². The molecule has 1 rings (SSSR count). The monoisotopic (exact) mass is 167 g/mol. The topological polar surface area (TPSA) is 40.1 Å². The third-order valence-corrected chi connectivity index (χ3v) is 2.55. The maximum Gasteiger partial charge on any atom is 0.0669 e. The van der Waals surface area contributed by atoms with Gasteiger partial charge in [-0.15, -0.1) is 0 Å². The Bertz CT molecular complexity index is 178. The molecule has 0 atom stereocenters. The second-order valence-corrected chi connectivity index (χ2v) is 3.60. The van der Waals surface area contributed by atoms with Gasteiger partial charge in [0.15, 0.2) is 0 Å². The van der Waals surface area contributed by atoms with Crippen LogP contribution >= 0.6 is 0 Å². The molecule has 12 heavy (non-hydrogen) atoms. The van der Waals surface area contributed by atoms with E-state index in [4.69, 9.17) is 0 Å². The molecule has 0 unspecified atom stereocenters. The van der Waals surface area contributed by atoms with Crippen molar-refractivity contribution in [2.24, 2.45) is 5.92 Å². The van der Waals surface area contributed by atoms with Crippen LogP contribution in [0.2, 0.25) is 0 Å². The standard InChI is InChI=1S/C10H16O2/c1-8(10(11)12)7-9-5-3-2-4-6-9/h9H,1-7H2,(H,11,12)/p-1. The van der Waals surface area contributed by atoms with Crippen molar-refractivity contribution in [3.05, 3.63) is 12.2 Å². The minimum Gasteiger partial charge on any atom is -0.545 e. The van der Waals surface area contributed by atoms with E-state index in [9.17, 15) is 9.90 Å². The normalized spacial score (nSPS) is 19.0. The minimum absolute atomic E-state index is 0.266. The number of hydrogen-bond donors (Lipinski definition) is 0. The van der Waals surface area contributed by atoms with E-state index >= 15 is 0 Å². The Morgan fingerprint density at radius 3 is 2.42 bits per heavy atom. The highest BCUT2D eigenvalue weighted by Crippen LogP contribution is 2.28. The van der Waals surface area contributed by atoms with Crippen molar-refractivity contribution in [2.45, 2.75) is 38.5 Å². The Balaban J connectivity index is 2.29. The Morgan fingerprint density at radius 1 is 1.33 bits per heavy atom. The largest absolute Gasteiger partial charge is 0.545 e. The summed E-state index contributed by atoms with van der Waals surface area (Å²) in [4.78, 5) is 10.4. The molecule has 1 fully saturated rings. The summed E-state index contributed by atoms with van der Waals surface area (Å²) in [5.41, 5.74) is 0.266. The summed E-state index contributed by atoms with van der Waals surface area (Å²) in [6, 6.07) is 0. The molecule has 1 aliphatic carbocycles. The Hall–Kier alpha value is -0.790. The molecule has 2 nitrogen and oxygen atoms in total. The van der Waals surface area contributed by atoms with Gasteiger partial charge in [0.1, 0.15) is 0 Å². The molecule has 68 valence electrons. The predicted molar refractivity (Wildman–Crippen MR) is 45.3 cm³/mol. The highest BCUT2D eigenvalue weighted by molar-refractivity contribution is 5.83. The van der Waals surface area contributed by atoms with E-state index < -0.39 is 5.97 Å². The maximum absolute atomic E-state index is 10.4. The van der Waals surface area contributed by atoms with Crippen LogP contribution in [-0.2, 0) is 4.79 Å². The summed E-state index contributed by atoms with van der Waals surface area (Å²) < 4.78 is 0. The average molecular weight is 167 g/mol. The van der Waals surface area contributed by atoms with Crippen LogP contribution in [-0.4, -0.2) is 5.97 Å². The van der Waals surface area contributed by atoms with Crippen LogP contribution in [0.4, 0.5) is 0 Å². The quantitative estimate of drug-likeness (QED) is 0.594. The zero-order chi connectivity index (χ0) is 8.97. The van der Waals surface area contributed by atoms with Gasteiger partial charge in [0, 0.05) is 0 Å². The van der Waals surface area contributed by atoms with Crippen LogP contribution in [0.25, 0.3) is 0 Å². The van der Waals surface area contributed by atoms with E-state index in [1.807, 2.05) is 0 Å². The molecule has 1 aliphatic rings. The van der Waals surface area contributed by atoms with E-state index in [-0.39, 0.29) is 5.57 Å². The first-order valence-corrected chi connectivity index (χ1v) is 4.59. The summed E-state index contributed by atoms with van der Waals surface area (Å²) in [5.74, 6) is -0.537. The van der Waals surface area contributed by atoms with Crippen molar-refractivity contribution in [2.75, 3.05) is 0 Å². The molecule has 2 heteroatoms. The van der Waals surface area contributed by atoms with E-state index in [1.165, 1.54) is 19.3 Å². The highest BCUT2D eigenvalue weighted by Gasteiger charge is 2.14. The van der Waals surface area contributed by atoms with Gasteiger partial charge in [-0.05, 0) is 17.9 Å². The van der Waals surface area contributed by atoms with Crippen molar-refractivity contribution in [1.29, 1.82) is 0 Å². The summed E-state index contributed by atoms with van der Waals surface area (Å²) in [6.45, 7) is 3.49. The van der Waals surface area contributed by atoms with Gasteiger partial charge in [0.25, 0.3) is 0 Å². The number of rotatable bonds is 3. The second-order valence-electron chi connectivity index (χ2n) is 3.60. The van der Waals surface area contributed by atoms with Gasteiger partial charge in [-0.3, -0.25) is 0 Å². The Labute approximate surface area is 73.3 Å². The van der Waals surface area contributed by atoms with E-state index in [0.717, 1.165) is 12.8 Å². The Morgan fingerprint density at radius 2 is 1.92 bits per heavy atom. The van der Waals surface area contributed by atoms with Crippen molar-refractivity contribution < 1.29 is 9.90 Å². The van der Waals surface area contributed by atoms with E-state index in [0.29, 0.717) is 12.3 Å². The zero-order valence-electron chi connectivity index (χ0n) is 7.34. The number of hydrogen-bond acceptors (Lipinski definition) is 2. The number of carboxylic acids is 1. The van der Waals surface area contributed by atoms with Crippen LogP contribution in [0.3, 0.4) is 0 Å². The lowest BCUT2D eigenvalue weighted by molar-refractivity contribution is -0.299. The third-order valence-electron chi connectivity index (χ3n) is 2.55. The van der Waals surface area contributed by atoms with Crippen molar-refractivity contribution in [1.82, 2.24) is 0 Å². The first-order valence-electron chi connectivity index (χ1n) is 4.59. The van der Waals surface area contributed by atoms with Crippen molar-refractivity contribution in [3.8, 4) is 0 Å². The molecule has 0 saturated heterocycles. The van der Waals surface area contributed by atoms with Crippen LogP contribution in [0.5, 0.6) is 0 Å². The van der Waals surface area contributed by atoms with Gasteiger partial charge in [0.2, 0.25) is 0 Å². The smallest absolute Gasteiger partial charge is 0.0669 e. The lowest BCUT2D eigenvalue weighted by Crippen LogP contribution is -2.25. The van der Waals surface area contributed by atoms with E-state index in [2.05, 4.69) is 6.58 Å². The van der Waals surface area contributed by atoms with Crippen molar-refractivity contribution in [3.63, 3.8) is 0 Å². The fraction of sp³-hybridized carbons (Fsp3) is 0.700. The minimum atomic E-state index is -1.08. The molecule has 0 aromatic carbocycles. The molecule has 0 radical (unpaired) electrons. The zero-order valence-corrected chi connectivity index (χ0v) is 7.34. The molecule has 1 saturated carbocycles. The average Bonchev–Trinajstić information content (AvgIpc) is 2.06. The van der Waals surface area contributed by atoms with Gasteiger partial charge in [0.05, 0.1) is 5.97 Å². The molecular weight excluding hydrogens is 152 g/mol. The SMILES string of the molecule is C=C(CC1CCCCC1)C(=O)[O-]. The van der Waals surface area contributed by atoms with Crippen molar-refractivity contribution >= 4 is 5.97 Å². The Kier molecular flexibility index (Phi) is 3.32. The molecular formula is C10H15O2-. The predicted octanol–water partition coefficient (Wildman–Crippen LogP) is 1.26. The molecule has 0 heterocycles. The summed E-state index contributed by atoms with van der Waals surface area (Å²) in [7, 11) is 0. The summed E-state index contributed by atoms with van der Waals surface area (Å²) >= 11 is 0. The third kappa shape index (κ3) is 2.68. The molecule has 0 aromatic rings. The van der Waals surface area contributed by atoms with Crippen LogP contribution in [0.1, 0.15) is 38.5 Å². The lowest BCUT2D eigenvalue weighted by atomic mass is 9.85. The molecule has 0 N–H and O–H groups in total. The molecule has 0 amide bonds. The number of carboxylic acid groups (broad SMARTS) is 1. The maximum atomic E-state index is 10.4. The fourth-order valence-corrected chi connectivity index (χ4v) is 1.82. The number of carbonyl (C=O) groups is 1. The molecule has 0 aromatic heterocycles. The molecule has 0 spiro atoms. The first-order chi connectivity index (χ1) is 5.70. The first kappa shape index (κ1) is 9.30. The van der Waals surface area contributed by atoms with Crippen LogP contribution < -0.4 is 5.11 Å².